The van der Waals surface area contributed by atoms with Crippen molar-refractivity contribution in [2.45, 2.75) is 65.5 Å². The first-order chi connectivity index (χ1) is 22.4. The lowest BCUT2D eigenvalue weighted by Gasteiger charge is -2.58. The number of allylic oxidation sites excluding steroid dienone is 1. The summed E-state index contributed by atoms with van der Waals surface area (Å²) in [6.45, 7) is 20.8. The Labute approximate surface area is 284 Å². The van der Waals surface area contributed by atoms with E-state index < -0.39 is 0 Å². The quantitative estimate of drug-likeness (QED) is 0.174. The van der Waals surface area contributed by atoms with Crippen LogP contribution in [0.3, 0.4) is 0 Å². The molecule has 0 unspecified atom stereocenters. The summed E-state index contributed by atoms with van der Waals surface area (Å²) in [7, 11) is 0. The second-order valence-corrected chi connectivity index (χ2v) is 14.3. The summed E-state index contributed by atoms with van der Waals surface area (Å²) in [5.41, 5.74) is 11.2. The second-order valence-electron chi connectivity index (χ2n) is 14.0. The maximum absolute atomic E-state index is 12.3. The maximum atomic E-state index is 12.3. The van der Waals surface area contributed by atoms with Gasteiger partial charge in [-0.05, 0) is 58.6 Å². The minimum absolute atomic E-state index is 0.0636. The van der Waals surface area contributed by atoms with Gasteiger partial charge in [0.25, 0.3) is 0 Å². The van der Waals surface area contributed by atoms with Crippen LogP contribution in [0.5, 0.6) is 0 Å². The summed E-state index contributed by atoms with van der Waals surface area (Å²) in [4.78, 5) is 32.2. The number of morpholine rings is 1. The van der Waals surface area contributed by atoms with Crippen molar-refractivity contribution in [2.75, 3.05) is 76.2 Å². The van der Waals surface area contributed by atoms with Gasteiger partial charge in [0, 0.05) is 92.1 Å². The van der Waals surface area contributed by atoms with Gasteiger partial charge in [0.1, 0.15) is 6.61 Å². The molecule has 6 rings (SSSR count). The van der Waals surface area contributed by atoms with E-state index in [2.05, 4.69) is 41.8 Å². The number of nitrogens with two attached hydrogens (primary N) is 1. The Morgan fingerprint density at radius 1 is 1.17 bits per heavy atom. The number of hydrogen-bond acceptors (Lipinski definition) is 8. The van der Waals surface area contributed by atoms with Gasteiger partial charge in [-0.2, -0.15) is 5.10 Å². The van der Waals surface area contributed by atoms with Crippen molar-refractivity contribution < 1.29 is 14.3 Å². The zero-order chi connectivity index (χ0) is 34.1. The average molecular weight is 667 g/mol. The Morgan fingerprint density at radius 2 is 1.87 bits per heavy atom. The number of nitrogens with zero attached hydrogens (tertiary/aromatic N) is 6. The Kier molecular flexibility index (Phi) is 10.4. The van der Waals surface area contributed by atoms with Crippen molar-refractivity contribution in [3.8, 4) is 11.1 Å². The fourth-order valence-electron chi connectivity index (χ4n) is 7.90. The predicted octanol–water partition coefficient (Wildman–Crippen LogP) is 4.54. The molecule has 12 heteroatoms. The molecule has 2 aromatic rings. The number of rotatable bonds is 9. The normalized spacial score (nSPS) is 22.8. The first kappa shape index (κ1) is 34.9. The van der Waals surface area contributed by atoms with E-state index in [0.29, 0.717) is 36.0 Å². The zero-order valence-corrected chi connectivity index (χ0v) is 29.4. The Balaban J connectivity index is 0.00000139. The minimum Gasteiger partial charge on any atom is -0.398 e. The highest BCUT2D eigenvalue weighted by Crippen LogP contribution is 2.55. The van der Waals surface area contributed by atoms with Crippen LogP contribution in [-0.4, -0.2) is 114 Å². The van der Waals surface area contributed by atoms with Crippen LogP contribution in [0.1, 0.15) is 62.9 Å². The van der Waals surface area contributed by atoms with E-state index in [9.17, 15) is 9.59 Å². The molecule has 4 aliphatic rings. The summed E-state index contributed by atoms with van der Waals surface area (Å²) < 4.78 is 7.48. The number of amides is 2. The fraction of sp³-hybridized carbons (Fsp3) is 0.600. The number of carbonyl (C=O) groups excluding carboxylic acids is 2. The summed E-state index contributed by atoms with van der Waals surface area (Å²) in [6, 6.07) is 2.08. The summed E-state index contributed by atoms with van der Waals surface area (Å²) >= 11 is 7.06. The van der Waals surface area contributed by atoms with E-state index in [4.69, 9.17) is 32.6 Å². The standard InChI is InChI=1S/C32H45ClN8O3.C3H6/c1-5-31(4)17-37(6-8-39-10-11-44-16-26(39)43)7-9-40(31)30-27(28-24(15-34)25(35)12-21(2)29(28)33)22(3)41(36-30)23-13-32(14-23)18-38(19-32)20-42;1-3-2/h12,15,20,23,34H,5-11,13-14,16-19,35H2,1-4H3;3H,1H2,2H3/t31-;/m0./s1. The first-order valence-corrected chi connectivity index (χ1v) is 17.1. The Hall–Kier alpha value is -3.41. The number of benzene rings is 1. The maximum Gasteiger partial charge on any atom is 0.248 e. The number of likely N-dealkylation sites (tertiary alicyclic amines) is 1. The highest BCUT2D eigenvalue weighted by Gasteiger charge is 2.53. The van der Waals surface area contributed by atoms with Crippen LogP contribution in [0.2, 0.25) is 5.02 Å². The molecule has 3 N–H and O–H groups in total. The van der Waals surface area contributed by atoms with Crippen LogP contribution >= 0.6 is 11.6 Å². The molecule has 47 heavy (non-hydrogen) atoms. The number of ether oxygens (including phenoxy) is 1. The molecule has 4 fully saturated rings. The molecule has 3 saturated heterocycles. The lowest BCUT2D eigenvalue weighted by Crippen LogP contribution is -2.62. The summed E-state index contributed by atoms with van der Waals surface area (Å²) in [5, 5.41) is 14.3. The molecule has 256 valence electrons. The number of hydrogen-bond donors (Lipinski definition) is 2. The van der Waals surface area contributed by atoms with E-state index in [0.717, 1.165) is 93.1 Å². The van der Waals surface area contributed by atoms with Crippen molar-refractivity contribution in [3.63, 3.8) is 0 Å². The number of piperazine rings is 1. The highest BCUT2D eigenvalue weighted by atomic mass is 35.5. The molecule has 1 aromatic carbocycles. The summed E-state index contributed by atoms with van der Waals surface area (Å²) in [5.74, 6) is 0.947. The number of nitrogens with one attached hydrogen (secondary N) is 1. The van der Waals surface area contributed by atoms with Crippen molar-refractivity contribution in [1.82, 2.24) is 24.5 Å². The van der Waals surface area contributed by atoms with E-state index in [-0.39, 0.29) is 29.5 Å². The van der Waals surface area contributed by atoms with Crippen molar-refractivity contribution >= 4 is 41.6 Å². The summed E-state index contributed by atoms with van der Waals surface area (Å²) in [6.07, 6.45) is 6.88. The third-order valence-corrected chi connectivity index (χ3v) is 11.1. The van der Waals surface area contributed by atoms with Gasteiger partial charge in [-0.1, -0.05) is 24.6 Å². The Morgan fingerprint density at radius 3 is 2.49 bits per heavy atom. The van der Waals surface area contributed by atoms with E-state index in [1.807, 2.05) is 29.7 Å². The first-order valence-electron chi connectivity index (χ1n) is 16.7. The van der Waals surface area contributed by atoms with E-state index in [1.165, 1.54) is 6.21 Å². The van der Waals surface area contributed by atoms with Gasteiger partial charge < -0.3 is 30.6 Å². The topological polar surface area (TPSA) is 124 Å². The molecular formula is C35H51ClN8O3. The average Bonchev–Trinajstić information content (AvgIpc) is 3.33. The zero-order valence-electron chi connectivity index (χ0n) is 28.6. The van der Waals surface area contributed by atoms with Gasteiger partial charge in [0.15, 0.2) is 5.82 Å². The molecule has 1 atom stereocenters. The van der Waals surface area contributed by atoms with Crippen LogP contribution in [-0.2, 0) is 14.3 Å². The fourth-order valence-corrected chi connectivity index (χ4v) is 8.15. The number of anilines is 2. The van der Waals surface area contributed by atoms with E-state index in [1.54, 1.807) is 6.08 Å². The van der Waals surface area contributed by atoms with Gasteiger partial charge >= 0.3 is 0 Å². The Bertz CT molecular complexity index is 1510. The van der Waals surface area contributed by atoms with Crippen LogP contribution in [0.15, 0.2) is 18.7 Å². The minimum atomic E-state index is -0.223. The molecule has 0 radical (unpaired) electrons. The molecule has 3 aliphatic heterocycles. The molecule has 1 saturated carbocycles. The molecule has 0 bridgehead atoms. The van der Waals surface area contributed by atoms with Crippen LogP contribution in [0.4, 0.5) is 11.5 Å². The van der Waals surface area contributed by atoms with Crippen LogP contribution < -0.4 is 10.6 Å². The molecule has 1 aliphatic carbocycles. The SMILES string of the molecule is C=CC.CC[C@@]1(C)CN(CCN2CCOCC2=O)CCN1c1nn(C2CC3(C2)CN(C=O)C3)c(C)c1-c1c(Cl)c(C)cc(N)c1C=N. The number of aryl methyl sites for hydroxylation is 1. The molecular weight excluding hydrogens is 616 g/mol. The predicted molar refractivity (Wildman–Crippen MR) is 189 cm³/mol. The highest BCUT2D eigenvalue weighted by molar-refractivity contribution is 6.35. The molecule has 1 spiro atoms. The smallest absolute Gasteiger partial charge is 0.248 e. The number of carbonyl (C=O) groups is 2. The van der Waals surface area contributed by atoms with Crippen molar-refractivity contribution in [1.29, 1.82) is 5.41 Å². The largest absolute Gasteiger partial charge is 0.398 e. The third-order valence-electron chi connectivity index (χ3n) is 10.6. The molecule has 4 heterocycles. The van der Waals surface area contributed by atoms with Gasteiger partial charge in [-0.25, -0.2) is 0 Å². The number of halogens is 1. The molecule has 2 amide bonds. The van der Waals surface area contributed by atoms with Gasteiger partial charge in [0.05, 0.1) is 23.2 Å². The van der Waals surface area contributed by atoms with Crippen molar-refractivity contribution in [3.05, 3.63) is 40.6 Å². The molecule has 11 nitrogen and oxygen atoms in total. The van der Waals surface area contributed by atoms with Gasteiger partial charge in [-0.15, -0.1) is 6.58 Å². The third kappa shape index (κ3) is 6.54. The molecule has 1 aromatic heterocycles. The number of nitrogen functional groups attached to an aromatic ring is 1. The van der Waals surface area contributed by atoms with Crippen LogP contribution in [0.25, 0.3) is 11.1 Å². The van der Waals surface area contributed by atoms with Gasteiger partial charge in [0.2, 0.25) is 12.3 Å². The van der Waals surface area contributed by atoms with E-state index >= 15 is 0 Å². The second kappa shape index (κ2) is 14.0. The number of aromatic nitrogens is 2. The lowest BCUT2D eigenvalue weighted by molar-refractivity contribution is -0.143. The monoisotopic (exact) mass is 666 g/mol. The van der Waals surface area contributed by atoms with Gasteiger partial charge in [-0.3, -0.25) is 19.2 Å². The van der Waals surface area contributed by atoms with Crippen LogP contribution in [0, 0.1) is 24.7 Å². The van der Waals surface area contributed by atoms with Crippen molar-refractivity contribution in [2.24, 2.45) is 5.41 Å². The lowest BCUT2D eigenvalue weighted by atomic mass is 9.61.